The highest BCUT2D eigenvalue weighted by atomic mass is 79.9. The molecule has 3 heterocycles. The second-order valence-corrected chi connectivity index (χ2v) is 8.83. The minimum absolute atomic E-state index is 0.341. The van der Waals surface area contributed by atoms with E-state index in [0.717, 1.165) is 38.5 Å². The lowest BCUT2D eigenvalue weighted by Crippen LogP contribution is -2.25. The Morgan fingerprint density at radius 3 is 2.64 bits per heavy atom. The number of fused-ring (bicyclic) bond motifs is 1. The third-order valence-electron chi connectivity index (χ3n) is 4.84. The lowest BCUT2D eigenvalue weighted by Gasteiger charge is -2.20. The molecule has 0 saturated carbocycles. The Morgan fingerprint density at radius 1 is 1.14 bits per heavy atom. The number of aromatic nitrogens is 4. The van der Waals surface area contributed by atoms with Gasteiger partial charge < -0.3 is 5.32 Å². The van der Waals surface area contributed by atoms with E-state index in [9.17, 15) is 0 Å². The fourth-order valence-electron chi connectivity index (χ4n) is 3.31. The molecule has 0 saturated heterocycles. The number of halogens is 1. The lowest BCUT2D eigenvalue weighted by atomic mass is 10.0. The average molecular weight is 456 g/mol. The summed E-state index contributed by atoms with van der Waals surface area (Å²) in [5.74, 6) is 1.17. The second kappa shape index (κ2) is 8.01. The van der Waals surface area contributed by atoms with Gasteiger partial charge in [0, 0.05) is 33.9 Å². The van der Waals surface area contributed by atoms with Gasteiger partial charge in [0.05, 0.1) is 11.4 Å². The second-order valence-electron chi connectivity index (χ2n) is 7.04. The largest absolute Gasteiger partial charge is 0.351 e. The zero-order chi connectivity index (χ0) is 19.7. The Kier molecular flexibility index (Phi) is 5.46. The van der Waals surface area contributed by atoms with Crippen molar-refractivity contribution in [2.75, 3.05) is 5.32 Å². The van der Waals surface area contributed by atoms with Crippen LogP contribution in [-0.2, 0) is 0 Å². The van der Waals surface area contributed by atoms with Crippen LogP contribution in [0.4, 0.5) is 5.95 Å². The van der Waals surface area contributed by atoms with Gasteiger partial charge in [0.1, 0.15) is 5.69 Å². The van der Waals surface area contributed by atoms with Crippen molar-refractivity contribution in [3.05, 3.63) is 52.6 Å². The molecule has 5 nitrogen and oxygen atoms in total. The van der Waals surface area contributed by atoms with Gasteiger partial charge in [-0.3, -0.25) is 4.40 Å². The Balaban J connectivity index is 1.80. The smallest absolute Gasteiger partial charge is 0.223 e. The minimum Gasteiger partial charge on any atom is -0.351 e. The van der Waals surface area contributed by atoms with Crippen molar-refractivity contribution in [3.8, 4) is 22.6 Å². The third-order valence-corrected chi connectivity index (χ3v) is 6.12. The summed E-state index contributed by atoms with van der Waals surface area (Å²) in [4.78, 5) is 15.1. The SMILES string of the molecule is CC[C@@H](Nc1nccc(-c2c(-c3ccc(Br)cc3)nc3sccn23)n1)C(C)C. The van der Waals surface area contributed by atoms with Crippen molar-refractivity contribution < 1.29 is 0 Å². The van der Waals surface area contributed by atoms with Crippen LogP contribution in [0.3, 0.4) is 0 Å². The first-order valence-corrected chi connectivity index (χ1v) is 11.1. The molecule has 0 bridgehead atoms. The van der Waals surface area contributed by atoms with E-state index in [1.165, 1.54) is 0 Å². The molecule has 0 spiro atoms. The third kappa shape index (κ3) is 3.69. The summed E-state index contributed by atoms with van der Waals surface area (Å²) < 4.78 is 3.15. The Bertz CT molecular complexity index is 1080. The van der Waals surface area contributed by atoms with Gasteiger partial charge in [0.2, 0.25) is 5.95 Å². The van der Waals surface area contributed by atoms with Crippen LogP contribution in [0.5, 0.6) is 0 Å². The number of rotatable bonds is 6. The number of benzene rings is 1. The van der Waals surface area contributed by atoms with Gasteiger partial charge >= 0.3 is 0 Å². The van der Waals surface area contributed by atoms with Gasteiger partial charge in [0.15, 0.2) is 4.96 Å². The van der Waals surface area contributed by atoms with Crippen molar-refractivity contribution in [2.24, 2.45) is 5.92 Å². The molecule has 144 valence electrons. The molecule has 4 rings (SSSR count). The van der Waals surface area contributed by atoms with E-state index in [2.05, 4.69) is 63.5 Å². The molecule has 1 aromatic carbocycles. The average Bonchev–Trinajstić information content (AvgIpc) is 3.27. The fourth-order valence-corrected chi connectivity index (χ4v) is 4.28. The molecule has 0 amide bonds. The summed E-state index contributed by atoms with van der Waals surface area (Å²) in [7, 11) is 0. The van der Waals surface area contributed by atoms with Crippen LogP contribution in [0.1, 0.15) is 27.2 Å². The van der Waals surface area contributed by atoms with Gasteiger partial charge in [-0.15, -0.1) is 11.3 Å². The highest BCUT2D eigenvalue weighted by Crippen LogP contribution is 2.34. The first kappa shape index (κ1) is 19.1. The molecule has 3 aromatic heterocycles. The van der Waals surface area contributed by atoms with Gasteiger partial charge in [-0.1, -0.05) is 48.8 Å². The summed E-state index contributed by atoms with van der Waals surface area (Å²) >= 11 is 5.13. The van der Waals surface area contributed by atoms with Crippen LogP contribution < -0.4 is 5.32 Å². The maximum Gasteiger partial charge on any atom is 0.223 e. The zero-order valence-electron chi connectivity index (χ0n) is 16.1. The molecular weight excluding hydrogens is 434 g/mol. The van der Waals surface area contributed by atoms with Crippen molar-refractivity contribution in [1.82, 2.24) is 19.4 Å². The van der Waals surface area contributed by atoms with Crippen LogP contribution in [0.25, 0.3) is 27.6 Å². The van der Waals surface area contributed by atoms with Gasteiger partial charge in [0.25, 0.3) is 0 Å². The Hall–Kier alpha value is -2.25. The number of nitrogens with one attached hydrogen (secondary N) is 1. The number of nitrogens with zero attached hydrogens (tertiary/aromatic N) is 4. The van der Waals surface area contributed by atoms with Gasteiger partial charge in [-0.05, 0) is 30.5 Å². The van der Waals surface area contributed by atoms with E-state index in [1.54, 1.807) is 11.3 Å². The summed E-state index contributed by atoms with van der Waals surface area (Å²) in [6, 6.07) is 10.5. The Labute approximate surface area is 177 Å². The predicted octanol–water partition coefficient (Wildman–Crippen LogP) is 6.13. The molecule has 1 N–H and O–H groups in total. The van der Waals surface area contributed by atoms with Gasteiger partial charge in [-0.25, -0.2) is 15.0 Å². The van der Waals surface area contributed by atoms with E-state index in [4.69, 9.17) is 9.97 Å². The van der Waals surface area contributed by atoms with Crippen molar-refractivity contribution in [3.63, 3.8) is 0 Å². The molecule has 7 heteroatoms. The standard InChI is InChI=1S/C21H22BrN5S/c1-4-16(13(2)3)24-20-23-10-9-17(25-20)19-18(14-5-7-15(22)8-6-14)26-21-27(19)11-12-28-21/h5-13,16H,4H2,1-3H3,(H,23,24,25)/t16-/m1/s1. The van der Waals surface area contributed by atoms with E-state index in [-0.39, 0.29) is 0 Å². The minimum atomic E-state index is 0.341. The van der Waals surface area contributed by atoms with Crippen LogP contribution in [0, 0.1) is 5.92 Å². The Morgan fingerprint density at radius 2 is 1.93 bits per heavy atom. The molecular formula is C21H22BrN5S. The van der Waals surface area contributed by atoms with Crippen molar-refractivity contribution in [1.29, 1.82) is 0 Å². The van der Waals surface area contributed by atoms with Crippen LogP contribution in [0.2, 0.25) is 0 Å². The van der Waals surface area contributed by atoms with Gasteiger partial charge in [-0.2, -0.15) is 0 Å². The van der Waals surface area contributed by atoms with Crippen molar-refractivity contribution >= 4 is 38.2 Å². The summed E-state index contributed by atoms with van der Waals surface area (Å²) in [6.07, 6.45) is 4.88. The number of thiazole rings is 1. The van der Waals surface area contributed by atoms with Crippen LogP contribution in [-0.4, -0.2) is 25.4 Å². The summed E-state index contributed by atoms with van der Waals surface area (Å²) in [5, 5.41) is 5.53. The maximum absolute atomic E-state index is 4.87. The molecule has 4 aromatic rings. The van der Waals surface area contributed by atoms with E-state index >= 15 is 0 Å². The number of hydrogen-bond acceptors (Lipinski definition) is 5. The molecule has 1 atom stereocenters. The van der Waals surface area contributed by atoms with Crippen LogP contribution in [0.15, 0.2) is 52.6 Å². The quantitative estimate of drug-likeness (QED) is 0.379. The normalized spacial score (nSPS) is 12.6. The number of anilines is 1. The molecule has 0 aliphatic heterocycles. The monoisotopic (exact) mass is 455 g/mol. The molecule has 0 unspecified atom stereocenters. The maximum atomic E-state index is 4.87. The highest BCUT2D eigenvalue weighted by molar-refractivity contribution is 9.10. The molecule has 0 aliphatic carbocycles. The molecule has 0 radical (unpaired) electrons. The highest BCUT2D eigenvalue weighted by Gasteiger charge is 2.19. The number of hydrogen-bond donors (Lipinski definition) is 1. The lowest BCUT2D eigenvalue weighted by molar-refractivity contribution is 0.508. The predicted molar refractivity (Wildman–Crippen MR) is 120 cm³/mol. The van der Waals surface area contributed by atoms with Crippen LogP contribution >= 0.6 is 27.3 Å². The number of imidazole rings is 1. The molecule has 28 heavy (non-hydrogen) atoms. The fraction of sp³-hybridized carbons (Fsp3) is 0.286. The summed E-state index contributed by atoms with van der Waals surface area (Å²) in [6.45, 7) is 6.60. The first-order chi connectivity index (χ1) is 13.6. The van der Waals surface area contributed by atoms with E-state index in [0.29, 0.717) is 17.9 Å². The topological polar surface area (TPSA) is 55.1 Å². The first-order valence-electron chi connectivity index (χ1n) is 9.38. The molecule has 0 aliphatic rings. The van der Waals surface area contributed by atoms with E-state index < -0.39 is 0 Å². The molecule has 0 fully saturated rings. The van der Waals surface area contributed by atoms with E-state index in [1.807, 2.05) is 36.0 Å². The van der Waals surface area contributed by atoms with Crippen molar-refractivity contribution in [2.45, 2.75) is 33.2 Å². The summed E-state index contributed by atoms with van der Waals surface area (Å²) in [5.41, 5.74) is 3.84. The zero-order valence-corrected chi connectivity index (χ0v) is 18.5.